The minimum atomic E-state index is -3.92. The first-order valence-electron chi connectivity index (χ1n) is 9.29. The molecular weight excluding hydrogens is 459 g/mol. The summed E-state index contributed by atoms with van der Waals surface area (Å²) in [7, 11) is -2.55. The second-order valence-corrected chi connectivity index (χ2v) is 9.08. The minimum Gasteiger partial charge on any atom is -0.495 e. The third-order valence-corrected chi connectivity index (χ3v) is 6.76. The molecule has 0 aliphatic rings. The lowest BCUT2D eigenvalue weighted by Crippen LogP contribution is -2.27. The normalized spacial score (nSPS) is 11.2. The fourth-order valence-corrected chi connectivity index (χ4v) is 4.45. The predicted octanol–water partition coefficient (Wildman–Crippen LogP) is 4.78. The van der Waals surface area contributed by atoms with Crippen molar-refractivity contribution in [1.82, 2.24) is 4.72 Å². The monoisotopic (exact) mass is 478 g/mol. The molecule has 0 fully saturated rings. The summed E-state index contributed by atoms with van der Waals surface area (Å²) in [4.78, 5) is 12.6. The van der Waals surface area contributed by atoms with Gasteiger partial charge in [-0.15, -0.1) is 0 Å². The number of amides is 1. The molecule has 0 spiro atoms. The number of hydrogen-bond donors (Lipinski definition) is 2. The SMILES string of the molecule is COc1ccc(C(=O)Nc2cccc(Cl)c2Cl)cc1S(=O)(=O)NCCc1ccccc1. The lowest BCUT2D eigenvalue weighted by molar-refractivity contribution is 0.102. The van der Waals surface area contributed by atoms with Crippen LogP contribution in [0, 0.1) is 0 Å². The Morgan fingerprint density at radius 3 is 2.45 bits per heavy atom. The quantitative estimate of drug-likeness (QED) is 0.487. The summed E-state index contributed by atoms with van der Waals surface area (Å²) in [6.45, 7) is 0.198. The van der Waals surface area contributed by atoms with E-state index in [1.165, 1.54) is 25.3 Å². The van der Waals surface area contributed by atoms with Crippen molar-refractivity contribution >= 4 is 44.8 Å². The standard InChI is InChI=1S/C22H20Cl2N2O4S/c1-30-19-11-10-16(22(27)26-18-9-5-8-17(23)21(18)24)14-20(19)31(28,29)25-13-12-15-6-3-2-4-7-15/h2-11,14,25H,12-13H2,1H3,(H,26,27). The number of hydrogen-bond acceptors (Lipinski definition) is 4. The van der Waals surface area contributed by atoms with Crippen molar-refractivity contribution in [2.75, 3.05) is 19.0 Å². The Balaban J connectivity index is 1.80. The maximum absolute atomic E-state index is 12.9. The van der Waals surface area contributed by atoms with E-state index in [4.69, 9.17) is 27.9 Å². The second kappa shape index (κ2) is 10.2. The summed E-state index contributed by atoms with van der Waals surface area (Å²) in [5, 5.41) is 3.12. The average Bonchev–Trinajstić information content (AvgIpc) is 2.77. The average molecular weight is 479 g/mol. The highest BCUT2D eigenvalue weighted by Crippen LogP contribution is 2.30. The summed E-state index contributed by atoms with van der Waals surface area (Å²) in [6, 6.07) is 18.5. The molecular formula is C22H20Cl2N2O4S. The number of benzene rings is 3. The highest BCUT2D eigenvalue weighted by Gasteiger charge is 2.22. The first-order chi connectivity index (χ1) is 14.8. The van der Waals surface area contributed by atoms with Gasteiger partial charge in [-0.25, -0.2) is 13.1 Å². The zero-order chi connectivity index (χ0) is 22.4. The van der Waals surface area contributed by atoms with Gasteiger partial charge in [-0.05, 0) is 42.3 Å². The van der Waals surface area contributed by atoms with Crippen molar-refractivity contribution in [3.8, 4) is 5.75 Å². The van der Waals surface area contributed by atoms with Gasteiger partial charge in [0.1, 0.15) is 10.6 Å². The smallest absolute Gasteiger partial charge is 0.255 e. The summed E-state index contributed by atoms with van der Waals surface area (Å²) < 4.78 is 33.5. The molecule has 0 bridgehead atoms. The van der Waals surface area contributed by atoms with Gasteiger partial charge in [0, 0.05) is 12.1 Å². The summed E-state index contributed by atoms with van der Waals surface area (Å²) in [5.41, 5.74) is 1.45. The van der Waals surface area contributed by atoms with Crippen LogP contribution in [0.5, 0.6) is 5.75 Å². The predicted molar refractivity (Wildman–Crippen MR) is 123 cm³/mol. The van der Waals surface area contributed by atoms with Crippen LogP contribution in [0.3, 0.4) is 0 Å². The van der Waals surface area contributed by atoms with E-state index in [-0.39, 0.29) is 27.8 Å². The number of anilines is 1. The van der Waals surface area contributed by atoms with Gasteiger partial charge >= 0.3 is 0 Å². The number of carbonyl (C=O) groups is 1. The van der Waals surface area contributed by atoms with E-state index < -0.39 is 15.9 Å². The van der Waals surface area contributed by atoms with Crippen molar-refractivity contribution in [2.24, 2.45) is 0 Å². The first-order valence-corrected chi connectivity index (χ1v) is 11.5. The Kier molecular flexibility index (Phi) is 7.56. The number of halogens is 2. The Morgan fingerprint density at radius 2 is 1.74 bits per heavy atom. The molecule has 3 aromatic carbocycles. The van der Waals surface area contributed by atoms with Crippen molar-refractivity contribution in [3.05, 3.63) is 87.9 Å². The van der Waals surface area contributed by atoms with E-state index in [1.54, 1.807) is 18.2 Å². The second-order valence-electron chi connectivity index (χ2n) is 6.55. The zero-order valence-electron chi connectivity index (χ0n) is 16.6. The highest BCUT2D eigenvalue weighted by molar-refractivity contribution is 7.89. The minimum absolute atomic E-state index is 0.125. The fourth-order valence-electron chi connectivity index (χ4n) is 2.87. The van der Waals surface area contributed by atoms with Gasteiger partial charge < -0.3 is 10.1 Å². The zero-order valence-corrected chi connectivity index (χ0v) is 18.9. The molecule has 3 aromatic rings. The summed E-state index contributed by atoms with van der Waals surface area (Å²) in [5.74, 6) is -0.405. The van der Waals surface area contributed by atoms with Gasteiger partial charge in [0.15, 0.2) is 0 Å². The number of rotatable bonds is 8. The number of sulfonamides is 1. The van der Waals surface area contributed by atoms with Crippen LogP contribution in [-0.2, 0) is 16.4 Å². The van der Waals surface area contributed by atoms with Gasteiger partial charge in [-0.2, -0.15) is 0 Å². The molecule has 0 aliphatic carbocycles. The van der Waals surface area contributed by atoms with Gasteiger partial charge in [-0.1, -0.05) is 59.6 Å². The molecule has 31 heavy (non-hydrogen) atoms. The number of ether oxygens (including phenoxy) is 1. The molecule has 0 aromatic heterocycles. The van der Waals surface area contributed by atoms with Crippen LogP contribution in [0.25, 0.3) is 0 Å². The molecule has 0 radical (unpaired) electrons. The molecule has 0 aliphatic heterocycles. The molecule has 0 saturated carbocycles. The van der Waals surface area contributed by atoms with Gasteiger partial charge in [0.05, 0.1) is 22.8 Å². The first kappa shape index (κ1) is 23.1. The molecule has 9 heteroatoms. The Bertz CT molecular complexity index is 1190. The third kappa shape index (κ3) is 5.77. The Hall–Kier alpha value is -2.58. The highest BCUT2D eigenvalue weighted by atomic mass is 35.5. The van der Waals surface area contributed by atoms with Gasteiger partial charge in [0.2, 0.25) is 10.0 Å². The van der Waals surface area contributed by atoms with E-state index >= 15 is 0 Å². The lowest BCUT2D eigenvalue weighted by atomic mass is 10.2. The molecule has 3 rings (SSSR count). The Morgan fingerprint density at radius 1 is 1.00 bits per heavy atom. The molecule has 0 atom stereocenters. The van der Waals surface area contributed by atoms with Crippen molar-refractivity contribution in [3.63, 3.8) is 0 Å². The molecule has 0 heterocycles. The van der Waals surface area contributed by atoms with Crippen molar-refractivity contribution < 1.29 is 17.9 Å². The van der Waals surface area contributed by atoms with Crippen LogP contribution < -0.4 is 14.8 Å². The van der Waals surface area contributed by atoms with Crippen LogP contribution in [-0.4, -0.2) is 28.0 Å². The van der Waals surface area contributed by atoms with E-state index in [2.05, 4.69) is 10.0 Å². The van der Waals surface area contributed by atoms with E-state index in [9.17, 15) is 13.2 Å². The molecule has 162 valence electrons. The van der Waals surface area contributed by atoms with Crippen LogP contribution in [0.15, 0.2) is 71.6 Å². The van der Waals surface area contributed by atoms with Crippen molar-refractivity contribution in [2.45, 2.75) is 11.3 Å². The molecule has 0 unspecified atom stereocenters. The number of nitrogens with one attached hydrogen (secondary N) is 2. The maximum Gasteiger partial charge on any atom is 0.255 e. The number of carbonyl (C=O) groups excluding carboxylic acids is 1. The number of methoxy groups -OCH3 is 1. The largest absolute Gasteiger partial charge is 0.495 e. The fraction of sp³-hybridized carbons (Fsp3) is 0.136. The van der Waals surface area contributed by atoms with Gasteiger partial charge in [-0.3, -0.25) is 4.79 Å². The van der Waals surface area contributed by atoms with E-state index in [0.29, 0.717) is 17.1 Å². The van der Waals surface area contributed by atoms with Gasteiger partial charge in [0.25, 0.3) is 5.91 Å². The van der Waals surface area contributed by atoms with E-state index in [1.807, 2.05) is 30.3 Å². The van der Waals surface area contributed by atoms with E-state index in [0.717, 1.165) is 5.56 Å². The Labute approximate surface area is 191 Å². The molecule has 2 N–H and O–H groups in total. The molecule has 0 saturated heterocycles. The molecule has 1 amide bonds. The van der Waals surface area contributed by atoms with Crippen LogP contribution in [0.1, 0.15) is 15.9 Å². The van der Waals surface area contributed by atoms with Crippen LogP contribution in [0.2, 0.25) is 10.0 Å². The summed E-state index contributed by atoms with van der Waals surface area (Å²) in [6.07, 6.45) is 0.524. The van der Waals surface area contributed by atoms with Crippen molar-refractivity contribution in [1.29, 1.82) is 0 Å². The maximum atomic E-state index is 12.9. The van der Waals surface area contributed by atoms with Crippen LogP contribution in [0.4, 0.5) is 5.69 Å². The summed E-state index contributed by atoms with van der Waals surface area (Å²) >= 11 is 12.1. The third-order valence-electron chi connectivity index (χ3n) is 4.46. The topological polar surface area (TPSA) is 84.5 Å². The van der Waals surface area contributed by atoms with Crippen LogP contribution >= 0.6 is 23.2 Å². The molecule has 6 nitrogen and oxygen atoms in total. The lowest BCUT2D eigenvalue weighted by Gasteiger charge is -2.13.